The van der Waals surface area contributed by atoms with Gasteiger partial charge in [0, 0.05) is 0 Å². The maximum absolute atomic E-state index is 12.6. The number of hydrogen-bond donors (Lipinski definition) is 3. The van der Waals surface area contributed by atoms with Gasteiger partial charge in [-0.1, -0.05) is 107 Å². The van der Waals surface area contributed by atoms with E-state index < -0.39 is 18.2 Å². The van der Waals surface area contributed by atoms with Gasteiger partial charge in [-0.3, -0.25) is 0 Å². The number of amides is 2. The van der Waals surface area contributed by atoms with Crippen LogP contribution in [0.4, 0.5) is 15.3 Å². The summed E-state index contributed by atoms with van der Waals surface area (Å²) >= 11 is 0. The average Bonchev–Trinajstić information content (AvgIpc) is 2.82. The number of nitrogens with one attached hydrogen (secondary N) is 1. The Labute approximate surface area is 200 Å². The smallest absolute Gasteiger partial charge is 0.428 e. The molecule has 7 nitrogen and oxygen atoms in total. The number of carbonyl (C=O) groups is 2. The van der Waals surface area contributed by atoms with Crippen molar-refractivity contribution in [3.8, 4) is 0 Å². The van der Waals surface area contributed by atoms with Gasteiger partial charge in [0.05, 0.1) is 5.69 Å². The van der Waals surface area contributed by atoms with Gasteiger partial charge in [-0.2, -0.15) is 5.01 Å². The van der Waals surface area contributed by atoms with E-state index in [0.29, 0.717) is 16.8 Å². The van der Waals surface area contributed by atoms with E-state index in [1.54, 1.807) is 0 Å². The average molecular weight is 462 g/mol. The van der Waals surface area contributed by atoms with Gasteiger partial charge in [-0.05, 0) is 34.1 Å². The Morgan fingerprint density at radius 3 is 1.47 bits per heavy atom. The molecule has 0 heterocycles. The minimum Gasteiger partial charge on any atom is -0.464 e. The molecule has 0 aliphatic carbocycles. The van der Waals surface area contributed by atoms with Crippen LogP contribution < -0.4 is 10.5 Å². The molecule has 0 aliphatic rings. The molecule has 7 heteroatoms. The van der Waals surface area contributed by atoms with Crippen LogP contribution in [-0.4, -0.2) is 27.4 Å². The Balaban J connectivity index is 2.17. The maximum Gasteiger partial charge on any atom is 0.428 e. The first-order valence-corrected chi connectivity index (χ1v) is 11.3. The van der Waals surface area contributed by atoms with Crippen molar-refractivity contribution in [2.75, 3.05) is 5.01 Å². The lowest BCUT2D eigenvalue weighted by atomic mass is 9.92. The highest BCUT2D eigenvalue weighted by molar-refractivity contribution is 5.88. The first kappa shape index (κ1) is 24.8. The molecular formula is C27H31N3O4. The third-order valence-corrected chi connectivity index (χ3v) is 5.66. The van der Waals surface area contributed by atoms with Crippen molar-refractivity contribution in [3.05, 3.63) is 101 Å². The van der Waals surface area contributed by atoms with Crippen LogP contribution in [0.2, 0.25) is 0 Å². The van der Waals surface area contributed by atoms with Gasteiger partial charge in [0.25, 0.3) is 0 Å². The zero-order chi connectivity index (χ0) is 24.8. The van der Waals surface area contributed by atoms with E-state index in [-0.39, 0.29) is 11.8 Å². The van der Waals surface area contributed by atoms with Crippen LogP contribution in [-0.2, 0) is 0 Å². The number of anilines is 1. The predicted molar refractivity (Wildman–Crippen MR) is 133 cm³/mol. The Kier molecular flexibility index (Phi) is 7.91. The molecule has 0 saturated heterocycles. The highest BCUT2D eigenvalue weighted by atomic mass is 16.4. The van der Waals surface area contributed by atoms with Gasteiger partial charge in [0.2, 0.25) is 0 Å². The molecule has 0 aliphatic heterocycles. The third-order valence-electron chi connectivity index (χ3n) is 5.66. The molecule has 2 amide bonds. The molecule has 3 rings (SSSR count). The summed E-state index contributed by atoms with van der Waals surface area (Å²) in [4.78, 5) is 25.1. The lowest BCUT2D eigenvalue weighted by molar-refractivity contribution is 0.0973. The summed E-state index contributed by atoms with van der Waals surface area (Å²) in [6.45, 7) is 7.92. The first-order valence-electron chi connectivity index (χ1n) is 11.3. The van der Waals surface area contributed by atoms with E-state index in [1.807, 2.05) is 107 Å². The molecule has 34 heavy (non-hydrogen) atoms. The predicted octanol–water partition coefficient (Wildman–Crippen LogP) is 6.61. The Hall–Kier alpha value is -3.84. The van der Waals surface area contributed by atoms with Crippen LogP contribution in [0, 0.1) is 0 Å². The lowest BCUT2D eigenvalue weighted by Crippen LogP contribution is -2.56. The van der Waals surface area contributed by atoms with Crippen molar-refractivity contribution in [1.29, 1.82) is 0 Å². The zero-order valence-corrected chi connectivity index (χ0v) is 19.8. The number of carboxylic acid groups (broad SMARTS) is 2. The normalized spacial score (nSPS) is 11.1. The van der Waals surface area contributed by atoms with Crippen molar-refractivity contribution in [2.45, 2.75) is 45.6 Å². The van der Waals surface area contributed by atoms with Crippen LogP contribution in [0.1, 0.15) is 67.8 Å². The molecule has 0 unspecified atom stereocenters. The fourth-order valence-electron chi connectivity index (χ4n) is 4.04. The topological polar surface area (TPSA) is 93.1 Å². The standard InChI is InChI=1S/C27H31N3O4/c1-18(2)22-16-11-17-23(19(3)4)25(22)30(27(33)34)28-29(26(31)32)24(20-12-7-5-8-13-20)21-14-9-6-10-15-21/h5-19,24,28H,1-4H3,(H,31,32)(H,33,34). The highest BCUT2D eigenvalue weighted by Gasteiger charge is 2.32. The molecule has 3 aromatic rings. The van der Waals surface area contributed by atoms with Crippen molar-refractivity contribution in [3.63, 3.8) is 0 Å². The van der Waals surface area contributed by atoms with Gasteiger partial charge < -0.3 is 10.2 Å². The van der Waals surface area contributed by atoms with Crippen LogP contribution >= 0.6 is 0 Å². The van der Waals surface area contributed by atoms with Crippen LogP contribution in [0.15, 0.2) is 78.9 Å². The van der Waals surface area contributed by atoms with E-state index in [4.69, 9.17) is 0 Å². The second-order valence-corrected chi connectivity index (χ2v) is 8.69. The van der Waals surface area contributed by atoms with Crippen LogP contribution in [0.25, 0.3) is 0 Å². The van der Waals surface area contributed by atoms with Crippen molar-refractivity contribution >= 4 is 17.9 Å². The van der Waals surface area contributed by atoms with E-state index in [2.05, 4.69) is 5.53 Å². The molecule has 178 valence electrons. The van der Waals surface area contributed by atoms with E-state index >= 15 is 0 Å². The van der Waals surface area contributed by atoms with Gasteiger partial charge in [0.15, 0.2) is 0 Å². The fourth-order valence-corrected chi connectivity index (χ4v) is 4.04. The molecule has 0 atom stereocenters. The third kappa shape index (κ3) is 5.38. The minimum absolute atomic E-state index is 0.0228. The van der Waals surface area contributed by atoms with Gasteiger partial charge in [0.1, 0.15) is 6.04 Å². The number of hydrogen-bond acceptors (Lipinski definition) is 3. The zero-order valence-electron chi connectivity index (χ0n) is 19.8. The Morgan fingerprint density at radius 1 is 0.676 bits per heavy atom. The molecule has 0 radical (unpaired) electrons. The van der Waals surface area contributed by atoms with Gasteiger partial charge in [-0.15, -0.1) is 5.53 Å². The molecule has 0 aromatic heterocycles. The van der Waals surface area contributed by atoms with Crippen molar-refractivity contribution < 1.29 is 19.8 Å². The van der Waals surface area contributed by atoms with E-state index in [1.165, 1.54) is 0 Å². The second-order valence-electron chi connectivity index (χ2n) is 8.69. The summed E-state index contributed by atoms with van der Waals surface area (Å²) in [5, 5.41) is 22.4. The number of rotatable bonds is 8. The summed E-state index contributed by atoms with van der Waals surface area (Å²) in [5.41, 5.74) is 6.20. The molecule has 0 spiro atoms. The van der Waals surface area contributed by atoms with E-state index in [9.17, 15) is 19.8 Å². The monoisotopic (exact) mass is 461 g/mol. The molecule has 3 aromatic carbocycles. The van der Waals surface area contributed by atoms with Crippen molar-refractivity contribution in [1.82, 2.24) is 10.5 Å². The SMILES string of the molecule is CC(C)c1cccc(C(C)C)c1N(NN(C(=O)O)C(c1ccccc1)c1ccccc1)C(=O)O. The summed E-state index contributed by atoms with van der Waals surface area (Å²) in [7, 11) is 0. The van der Waals surface area contributed by atoms with Crippen LogP contribution in [0.5, 0.6) is 0 Å². The lowest BCUT2D eigenvalue weighted by Gasteiger charge is -2.36. The quantitative estimate of drug-likeness (QED) is 0.328. The van der Waals surface area contributed by atoms with Gasteiger partial charge in [-0.25, -0.2) is 14.6 Å². The molecule has 0 bridgehead atoms. The van der Waals surface area contributed by atoms with E-state index in [0.717, 1.165) is 21.1 Å². The molecule has 0 saturated carbocycles. The summed E-state index contributed by atoms with van der Waals surface area (Å²) < 4.78 is 0. The summed E-state index contributed by atoms with van der Waals surface area (Å²) in [6, 6.07) is 23.2. The number of benzene rings is 3. The van der Waals surface area contributed by atoms with Crippen molar-refractivity contribution in [2.24, 2.45) is 0 Å². The maximum atomic E-state index is 12.6. The second kappa shape index (κ2) is 10.9. The largest absolute Gasteiger partial charge is 0.464 e. The summed E-state index contributed by atoms with van der Waals surface area (Å²) in [5.74, 6) is 0.0457. The number of para-hydroxylation sites is 1. The van der Waals surface area contributed by atoms with Crippen LogP contribution in [0.3, 0.4) is 0 Å². The first-order chi connectivity index (χ1) is 16.2. The molecular weight excluding hydrogens is 430 g/mol. The highest BCUT2D eigenvalue weighted by Crippen LogP contribution is 2.36. The fraction of sp³-hybridized carbons (Fsp3) is 0.259. The minimum atomic E-state index is -1.31. The Bertz CT molecular complexity index is 1050. The van der Waals surface area contributed by atoms with Gasteiger partial charge >= 0.3 is 12.2 Å². The summed E-state index contributed by atoms with van der Waals surface area (Å²) in [6.07, 6.45) is -2.61. The molecule has 0 fully saturated rings. The number of nitrogens with zero attached hydrogens (tertiary/aromatic N) is 2. The number of hydrazine groups is 2. The molecule has 3 N–H and O–H groups in total. The Morgan fingerprint density at radius 2 is 1.12 bits per heavy atom.